The van der Waals surface area contributed by atoms with E-state index in [0.29, 0.717) is 41.0 Å². The SMILES string of the molecule is CC1(C)CC(CNc2nc(-c3cc(CC(=O)[C@@H]4CCCNC4)ncc3Cl)ccc2F)CCO1. The van der Waals surface area contributed by atoms with E-state index in [1.807, 2.05) is 0 Å². The lowest BCUT2D eigenvalue weighted by Crippen LogP contribution is -2.36. The normalized spacial score (nSPS) is 22.7. The number of ether oxygens (including phenoxy) is 1. The fraction of sp³-hybridized carbons (Fsp3) is 0.560. The summed E-state index contributed by atoms with van der Waals surface area (Å²) in [7, 11) is 0. The molecule has 4 heterocycles. The molecule has 0 bridgehead atoms. The van der Waals surface area contributed by atoms with Crippen LogP contribution in [0.3, 0.4) is 0 Å². The summed E-state index contributed by atoms with van der Waals surface area (Å²) in [5.74, 6) is 0.382. The van der Waals surface area contributed by atoms with Crippen molar-refractivity contribution in [2.45, 2.75) is 51.6 Å². The van der Waals surface area contributed by atoms with Gasteiger partial charge in [-0.3, -0.25) is 9.78 Å². The molecule has 2 saturated heterocycles. The molecule has 4 rings (SSSR count). The number of nitrogens with one attached hydrogen (secondary N) is 2. The van der Waals surface area contributed by atoms with Gasteiger partial charge >= 0.3 is 0 Å². The summed E-state index contributed by atoms with van der Waals surface area (Å²) in [6.07, 6.45) is 5.55. The third-order valence-electron chi connectivity index (χ3n) is 6.50. The molecule has 6 nitrogen and oxygen atoms in total. The summed E-state index contributed by atoms with van der Waals surface area (Å²) in [6, 6.07) is 4.80. The molecule has 33 heavy (non-hydrogen) atoms. The Kier molecular flexibility index (Phi) is 7.62. The fourth-order valence-electron chi connectivity index (χ4n) is 4.71. The predicted molar refractivity (Wildman–Crippen MR) is 128 cm³/mol. The zero-order valence-corrected chi connectivity index (χ0v) is 20.1. The zero-order chi connectivity index (χ0) is 23.4. The molecule has 0 amide bonds. The van der Waals surface area contributed by atoms with E-state index < -0.39 is 5.82 Å². The number of carbonyl (C=O) groups is 1. The molecule has 2 fully saturated rings. The molecular weight excluding hydrogens is 443 g/mol. The first kappa shape index (κ1) is 24.0. The molecule has 178 valence electrons. The van der Waals surface area contributed by atoms with Crippen molar-refractivity contribution in [2.75, 3.05) is 31.6 Å². The largest absolute Gasteiger partial charge is 0.376 e. The van der Waals surface area contributed by atoms with Crippen LogP contribution in [0.4, 0.5) is 10.2 Å². The predicted octanol–water partition coefficient (Wildman–Crippen LogP) is 4.66. The van der Waals surface area contributed by atoms with E-state index in [2.05, 4.69) is 34.4 Å². The summed E-state index contributed by atoms with van der Waals surface area (Å²) in [5, 5.41) is 6.87. The number of aromatic nitrogens is 2. The number of Topliss-reactive ketones (excluding diaryl/α,β-unsaturated/α-hetero) is 1. The van der Waals surface area contributed by atoms with Crippen molar-refractivity contribution in [3.05, 3.63) is 40.9 Å². The van der Waals surface area contributed by atoms with Gasteiger partial charge < -0.3 is 15.4 Å². The van der Waals surface area contributed by atoms with E-state index in [9.17, 15) is 9.18 Å². The highest BCUT2D eigenvalue weighted by molar-refractivity contribution is 6.33. The molecule has 8 heteroatoms. The molecule has 2 aliphatic heterocycles. The van der Waals surface area contributed by atoms with Crippen LogP contribution in [-0.4, -0.2) is 47.6 Å². The number of pyridine rings is 2. The molecule has 0 radical (unpaired) electrons. The van der Waals surface area contributed by atoms with Gasteiger partial charge in [-0.05, 0) is 70.2 Å². The Morgan fingerprint density at radius 1 is 1.36 bits per heavy atom. The lowest BCUT2D eigenvalue weighted by molar-refractivity contribution is -0.122. The van der Waals surface area contributed by atoms with Crippen molar-refractivity contribution in [2.24, 2.45) is 11.8 Å². The Balaban J connectivity index is 1.48. The Bertz CT molecular complexity index is 994. The number of hydrogen-bond donors (Lipinski definition) is 2. The third-order valence-corrected chi connectivity index (χ3v) is 6.80. The van der Waals surface area contributed by atoms with Crippen LogP contribution in [0.25, 0.3) is 11.3 Å². The van der Waals surface area contributed by atoms with Crippen LogP contribution in [-0.2, 0) is 16.0 Å². The van der Waals surface area contributed by atoms with Gasteiger partial charge in [0, 0.05) is 49.5 Å². The molecule has 0 aromatic carbocycles. The van der Waals surface area contributed by atoms with Crippen LogP contribution in [0.2, 0.25) is 5.02 Å². The van der Waals surface area contributed by atoms with Crippen LogP contribution < -0.4 is 10.6 Å². The molecule has 2 aliphatic rings. The van der Waals surface area contributed by atoms with Gasteiger partial charge in [0.15, 0.2) is 11.6 Å². The Morgan fingerprint density at radius 3 is 2.97 bits per heavy atom. The summed E-state index contributed by atoms with van der Waals surface area (Å²) >= 11 is 6.41. The second kappa shape index (κ2) is 10.5. The summed E-state index contributed by atoms with van der Waals surface area (Å²) in [6.45, 7) is 7.18. The number of piperidine rings is 1. The molecule has 1 unspecified atom stereocenters. The van der Waals surface area contributed by atoms with Crippen molar-refractivity contribution in [1.29, 1.82) is 0 Å². The maximum Gasteiger partial charge on any atom is 0.165 e. The third kappa shape index (κ3) is 6.28. The highest BCUT2D eigenvalue weighted by atomic mass is 35.5. The second-order valence-corrected chi connectivity index (χ2v) is 10.1. The number of carbonyl (C=O) groups excluding carboxylic acids is 1. The number of rotatable bonds is 7. The van der Waals surface area contributed by atoms with Crippen LogP contribution in [0.5, 0.6) is 0 Å². The van der Waals surface area contributed by atoms with Gasteiger partial charge in [-0.1, -0.05) is 11.6 Å². The molecule has 2 N–H and O–H groups in total. The zero-order valence-electron chi connectivity index (χ0n) is 19.3. The van der Waals surface area contributed by atoms with E-state index >= 15 is 0 Å². The van der Waals surface area contributed by atoms with Crippen molar-refractivity contribution in [1.82, 2.24) is 15.3 Å². The van der Waals surface area contributed by atoms with Crippen LogP contribution >= 0.6 is 11.6 Å². The monoisotopic (exact) mass is 474 g/mol. The van der Waals surface area contributed by atoms with Crippen LogP contribution in [0.15, 0.2) is 24.4 Å². The average molecular weight is 475 g/mol. The topological polar surface area (TPSA) is 76.1 Å². The lowest BCUT2D eigenvalue weighted by Gasteiger charge is -2.35. The lowest BCUT2D eigenvalue weighted by atomic mass is 9.88. The summed E-state index contributed by atoms with van der Waals surface area (Å²) < 4.78 is 20.3. The minimum atomic E-state index is -0.407. The highest BCUT2D eigenvalue weighted by Crippen LogP contribution is 2.31. The van der Waals surface area contributed by atoms with Crippen molar-refractivity contribution in [3.8, 4) is 11.3 Å². The number of halogens is 2. The quantitative estimate of drug-likeness (QED) is 0.607. The van der Waals surface area contributed by atoms with Gasteiger partial charge in [0.05, 0.1) is 16.3 Å². The molecule has 2 aromatic heterocycles. The maximum atomic E-state index is 14.5. The van der Waals surface area contributed by atoms with Gasteiger partial charge in [0.1, 0.15) is 5.78 Å². The summed E-state index contributed by atoms with van der Waals surface area (Å²) in [4.78, 5) is 21.5. The average Bonchev–Trinajstić information content (AvgIpc) is 2.80. The Hall–Kier alpha value is -2.09. The molecule has 0 aliphatic carbocycles. The van der Waals surface area contributed by atoms with Gasteiger partial charge in [0.25, 0.3) is 0 Å². The minimum absolute atomic E-state index is 0.0228. The van der Waals surface area contributed by atoms with Gasteiger partial charge in [-0.15, -0.1) is 0 Å². The minimum Gasteiger partial charge on any atom is -0.376 e. The van der Waals surface area contributed by atoms with Crippen molar-refractivity contribution >= 4 is 23.2 Å². The van der Waals surface area contributed by atoms with Gasteiger partial charge in [0.2, 0.25) is 0 Å². The van der Waals surface area contributed by atoms with E-state index in [1.165, 1.54) is 6.07 Å². The molecule has 2 aromatic rings. The van der Waals surface area contributed by atoms with E-state index in [0.717, 1.165) is 38.8 Å². The van der Waals surface area contributed by atoms with E-state index in [-0.39, 0.29) is 29.5 Å². The number of anilines is 1. The van der Waals surface area contributed by atoms with Crippen LogP contribution in [0.1, 0.15) is 45.2 Å². The van der Waals surface area contributed by atoms with E-state index in [4.69, 9.17) is 16.3 Å². The maximum absolute atomic E-state index is 14.5. The first-order chi connectivity index (χ1) is 15.8. The first-order valence-corrected chi connectivity index (χ1v) is 12.1. The highest BCUT2D eigenvalue weighted by Gasteiger charge is 2.29. The standard InChI is InChI=1S/C25H32ClFN4O2/c1-25(2)12-16(7-9-33-25)13-30-24-21(27)5-6-22(31-24)19-10-18(29-15-20(19)26)11-23(32)17-4-3-8-28-14-17/h5-6,10,15-17,28H,3-4,7-9,11-14H2,1-2H3,(H,30,31)/t16?,17-/m1/s1. The number of hydrogen-bond acceptors (Lipinski definition) is 6. The first-order valence-electron chi connectivity index (χ1n) is 11.7. The van der Waals surface area contributed by atoms with E-state index in [1.54, 1.807) is 18.3 Å². The Labute approximate surface area is 199 Å². The fourth-order valence-corrected chi connectivity index (χ4v) is 4.91. The number of ketones is 1. The number of nitrogens with zero attached hydrogens (tertiary/aromatic N) is 2. The van der Waals surface area contributed by atoms with Gasteiger partial charge in [-0.2, -0.15) is 0 Å². The summed E-state index contributed by atoms with van der Waals surface area (Å²) in [5.41, 5.74) is 1.68. The molecule has 0 saturated carbocycles. The molecule has 0 spiro atoms. The second-order valence-electron chi connectivity index (χ2n) is 9.72. The Morgan fingerprint density at radius 2 is 2.21 bits per heavy atom. The molecular formula is C25H32ClFN4O2. The van der Waals surface area contributed by atoms with Crippen molar-refractivity contribution < 1.29 is 13.9 Å². The van der Waals surface area contributed by atoms with Crippen LogP contribution in [0, 0.1) is 17.7 Å². The van der Waals surface area contributed by atoms with Crippen molar-refractivity contribution in [3.63, 3.8) is 0 Å². The smallest absolute Gasteiger partial charge is 0.165 e. The van der Waals surface area contributed by atoms with Gasteiger partial charge in [-0.25, -0.2) is 9.37 Å². The molecule has 2 atom stereocenters.